The van der Waals surface area contributed by atoms with E-state index in [-0.39, 0.29) is 26.1 Å². The van der Waals surface area contributed by atoms with Crippen LogP contribution < -0.4 is 16.0 Å². The third-order valence-corrected chi connectivity index (χ3v) is 3.39. The Morgan fingerprint density at radius 1 is 0.933 bits per heavy atom. The van der Waals surface area contributed by atoms with Crippen molar-refractivity contribution in [3.05, 3.63) is 0 Å². The van der Waals surface area contributed by atoms with Gasteiger partial charge in [0.25, 0.3) is 0 Å². The average molecular weight is 431 g/mol. The van der Waals surface area contributed by atoms with Crippen LogP contribution in [0.3, 0.4) is 0 Å². The summed E-state index contributed by atoms with van der Waals surface area (Å²) in [6.45, 7) is 9.64. The van der Waals surface area contributed by atoms with Gasteiger partial charge in [0.05, 0.1) is 13.2 Å². The van der Waals surface area contributed by atoms with Crippen molar-refractivity contribution < 1.29 is 38.2 Å². The monoisotopic (exact) mass is 431 g/mol. The molecule has 172 valence electrons. The summed E-state index contributed by atoms with van der Waals surface area (Å²) < 4.78 is 14.7. The van der Waals surface area contributed by atoms with Gasteiger partial charge in [-0.15, -0.1) is 0 Å². The van der Waals surface area contributed by atoms with E-state index in [2.05, 4.69) is 16.0 Å². The van der Waals surface area contributed by atoms with Crippen LogP contribution in [-0.4, -0.2) is 67.3 Å². The molecule has 0 bridgehead atoms. The fraction of sp³-hybridized carbons (Fsp3) is 0.737. The number of carbonyl (C=O) groups excluding carboxylic acids is 5. The SMILES string of the molecule is CCOC(=O)CCC(NC(=O)C(C)NC(=O)CNC(=O)OC(C)(C)C)C(=O)OCC. The molecule has 0 aliphatic carbocycles. The molecule has 2 atom stereocenters. The highest BCUT2D eigenvalue weighted by Crippen LogP contribution is 2.06. The Hall–Kier alpha value is -2.85. The second-order valence-electron chi connectivity index (χ2n) is 7.30. The summed E-state index contributed by atoms with van der Waals surface area (Å²) in [5, 5.41) is 7.12. The minimum atomic E-state index is -1.07. The number of rotatable bonds is 11. The Kier molecular flexibility index (Phi) is 12.1. The predicted molar refractivity (Wildman–Crippen MR) is 106 cm³/mol. The van der Waals surface area contributed by atoms with E-state index in [1.165, 1.54) is 6.92 Å². The minimum absolute atomic E-state index is 0.00965. The van der Waals surface area contributed by atoms with Gasteiger partial charge in [-0.05, 0) is 48.0 Å². The van der Waals surface area contributed by atoms with E-state index in [0.29, 0.717) is 0 Å². The molecule has 0 spiro atoms. The quantitative estimate of drug-likeness (QED) is 0.314. The Morgan fingerprint density at radius 2 is 1.53 bits per heavy atom. The number of nitrogens with one attached hydrogen (secondary N) is 3. The fourth-order valence-corrected chi connectivity index (χ4v) is 2.11. The van der Waals surface area contributed by atoms with Gasteiger partial charge < -0.3 is 30.2 Å². The molecule has 0 aromatic carbocycles. The second kappa shape index (κ2) is 13.4. The van der Waals surface area contributed by atoms with Crippen LogP contribution in [0.15, 0.2) is 0 Å². The minimum Gasteiger partial charge on any atom is -0.466 e. The maximum atomic E-state index is 12.3. The Bertz CT molecular complexity index is 615. The van der Waals surface area contributed by atoms with E-state index in [4.69, 9.17) is 14.2 Å². The first kappa shape index (κ1) is 27.1. The van der Waals surface area contributed by atoms with Crippen molar-refractivity contribution in [2.75, 3.05) is 19.8 Å². The molecular weight excluding hydrogens is 398 g/mol. The van der Waals surface area contributed by atoms with E-state index in [1.807, 2.05) is 0 Å². The lowest BCUT2D eigenvalue weighted by Crippen LogP contribution is -2.52. The van der Waals surface area contributed by atoms with E-state index < -0.39 is 54.1 Å². The topological polar surface area (TPSA) is 149 Å². The standard InChI is InChI=1S/C19H33N3O8/c1-7-28-15(24)10-9-13(17(26)29-8-2)22-16(25)12(3)21-14(23)11-20-18(27)30-19(4,5)6/h12-13H,7-11H2,1-6H3,(H,20,27)(H,21,23)(H,22,25). The van der Waals surface area contributed by atoms with Gasteiger partial charge in [-0.1, -0.05) is 0 Å². The third-order valence-electron chi connectivity index (χ3n) is 3.39. The van der Waals surface area contributed by atoms with Crippen LogP contribution in [0.4, 0.5) is 4.79 Å². The van der Waals surface area contributed by atoms with Crippen LogP contribution in [0.1, 0.15) is 54.4 Å². The highest BCUT2D eigenvalue weighted by atomic mass is 16.6. The number of alkyl carbamates (subject to hydrolysis) is 1. The van der Waals surface area contributed by atoms with Crippen molar-refractivity contribution >= 4 is 29.8 Å². The van der Waals surface area contributed by atoms with Crippen LogP contribution in [0, 0.1) is 0 Å². The number of amides is 3. The van der Waals surface area contributed by atoms with Gasteiger partial charge in [0.1, 0.15) is 24.2 Å². The second-order valence-corrected chi connectivity index (χ2v) is 7.30. The first-order valence-electron chi connectivity index (χ1n) is 9.78. The summed E-state index contributed by atoms with van der Waals surface area (Å²) in [7, 11) is 0. The molecule has 2 unspecified atom stereocenters. The molecule has 0 aromatic rings. The number of carbonyl (C=O) groups is 5. The molecule has 3 N–H and O–H groups in total. The molecule has 0 aliphatic heterocycles. The largest absolute Gasteiger partial charge is 0.466 e. The molecule has 0 aromatic heterocycles. The molecule has 0 fully saturated rings. The van der Waals surface area contributed by atoms with Crippen LogP contribution in [0.5, 0.6) is 0 Å². The number of hydrogen-bond donors (Lipinski definition) is 3. The molecular formula is C19H33N3O8. The van der Waals surface area contributed by atoms with Gasteiger partial charge in [0, 0.05) is 6.42 Å². The van der Waals surface area contributed by atoms with E-state index in [9.17, 15) is 24.0 Å². The normalized spacial score (nSPS) is 12.7. The van der Waals surface area contributed by atoms with Gasteiger partial charge in [-0.25, -0.2) is 9.59 Å². The fourth-order valence-electron chi connectivity index (χ4n) is 2.11. The molecule has 0 saturated heterocycles. The Morgan fingerprint density at radius 3 is 2.07 bits per heavy atom. The lowest BCUT2D eigenvalue weighted by Gasteiger charge is -2.21. The van der Waals surface area contributed by atoms with Crippen LogP contribution >= 0.6 is 0 Å². The van der Waals surface area contributed by atoms with E-state index >= 15 is 0 Å². The Labute approximate surface area is 176 Å². The lowest BCUT2D eigenvalue weighted by atomic mass is 10.1. The molecule has 0 rings (SSSR count). The molecule has 0 saturated carbocycles. The number of esters is 2. The van der Waals surface area contributed by atoms with Crippen molar-refractivity contribution in [2.24, 2.45) is 0 Å². The maximum Gasteiger partial charge on any atom is 0.408 e. The summed E-state index contributed by atoms with van der Waals surface area (Å²) in [6, 6.07) is -2.07. The average Bonchev–Trinajstić information content (AvgIpc) is 2.62. The van der Waals surface area contributed by atoms with Crippen molar-refractivity contribution in [1.29, 1.82) is 0 Å². The summed E-state index contributed by atoms with van der Waals surface area (Å²) >= 11 is 0. The van der Waals surface area contributed by atoms with Crippen molar-refractivity contribution in [3.63, 3.8) is 0 Å². The first-order valence-corrected chi connectivity index (χ1v) is 9.78. The molecule has 0 radical (unpaired) electrons. The van der Waals surface area contributed by atoms with Gasteiger partial charge in [0.2, 0.25) is 11.8 Å². The lowest BCUT2D eigenvalue weighted by molar-refractivity contribution is -0.149. The van der Waals surface area contributed by atoms with E-state index in [1.54, 1.807) is 34.6 Å². The summed E-state index contributed by atoms with van der Waals surface area (Å²) in [6.07, 6.45) is -0.862. The predicted octanol–water partition coefficient (Wildman–Crippen LogP) is 0.407. The van der Waals surface area contributed by atoms with Gasteiger partial charge in [-0.2, -0.15) is 0 Å². The van der Waals surface area contributed by atoms with Crippen LogP contribution in [-0.2, 0) is 33.4 Å². The zero-order valence-electron chi connectivity index (χ0n) is 18.5. The van der Waals surface area contributed by atoms with Crippen LogP contribution in [0.25, 0.3) is 0 Å². The summed E-state index contributed by atoms with van der Waals surface area (Å²) in [5.41, 5.74) is -0.709. The highest BCUT2D eigenvalue weighted by Gasteiger charge is 2.26. The summed E-state index contributed by atoms with van der Waals surface area (Å²) in [5.74, 6) is -2.47. The molecule has 11 nitrogen and oxygen atoms in total. The Balaban J connectivity index is 4.66. The zero-order chi connectivity index (χ0) is 23.3. The third kappa shape index (κ3) is 12.6. The maximum absolute atomic E-state index is 12.3. The molecule has 0 heterocycles. The number of ether oxygens (including phenoxy) is 3. The molecule has 30 heavy (non-hydrogen) atoms. The summed E-state index contributed by atoms with van der Waals surface area (Å²) in [4.78, 5) is 59.4. The van der Waals surface area contributed by atoms with Gasteiger partial charge in [-0.3, -0.25) is 14.4 Å². The number of hydrogen-bond acceptors (Lipinski definition) is 8. The van der Waals surface area contributed by atoms with Crippen LogP contribution in [0.2, 0.25) is 0 Å². The smallest absolute Gasteiger partial charge is 0.408 e. The first-order chi connectivity index (χ1) is 13.9. The van der Waals surface area contributed by atoms with Crippen molar-refractivity contribution in [1.82, 2.24) is 16.0 Å². The van der Waals surface area contributed by atoms with E-state index in [0.717, 1.165) is 0 Å². The van der Waals surface area contributed by atoms with Gasteiger partial charge >= 0.3 is 18.0 Å². The molecule has 0 aliphatic rings. The van der Waals surface area contributed by atoms with Gasteiger partial charge in [0.15, 0.2) is 0 Å². The van der Waals surface area contributed by atoms with Crippen molar-refractivity contribution in [2.45, 2.75) is 72.1 Å². The molecule has 11 heteroatoms. The molecule has 3 amide bonds. The highest BCUT2D eigenvalue weighted by molar-refractivity contribution is 5.91. The zero-order valence-corrected chi connectivity index (χ0v) is 18.5. The van der Waals surface area contributed by atoms with Crippen molar-refractivity contribution in [3.8, 4) is 0 Å².